The summed E-state index contributed by atoms with van der Waals surface area (Å²) in [6, 6.07) is 10.3. The summed E-state index contributed by atoms with van der Waals surface area (Å²) in [7, 11) is 0. The highest BCUT2D eigenvalue weighted by atomic mass is 16.5. The Morgan fingerprint density at radius 1 is 1.19 bits per heavy atom. The summed E-state index contributed by atoms with van der Waals surface area (Å²) in [5.74, 6) is 2.92. The van der Waals surface area contributed by atoms with E-state index in [9.17, 15) is 4.79 Å². The lowest BCUT2D eigenvalue weighted by atomic mass is 9.80. The number of carbonyl (C=O) groups is 1. The van der Waals surface area contributed by atoms with Crippen LogP contribution in [0.2, 0.25) is 0 Å². The van der Waals surface area contributed by atoms with Crippen molar-refractivity contribution < 1.29 is 9.32 Å². The third kappa shape index (κ3) is 3.07. The second-order valence-corrected chi connectivity index (χ2v) is 8.70. The molecule has 142 valence electrons. The van der Waals surface area contributed by atoms with Gasteiger partial charge in [0.2, 0.25) is 11.8 Å². The number of nitrogens with zero attached hydrogens (tertiary/aromatic N) is 3. The lowest BCUT2D eigenvalue weighted by Crippen LogP contribution is -2.36. The lowest BCUT2D eigenvalue weighted by Gasteiger charge is -2.28. The maximum atomic E-state index is 12.8. The van der Waals surface area contributed by atoms with E-state index in [2.05, 4.69) is 22.2 Å². The zero-order chi connectivity index (χ0) is 18.3. The fourth-order valence-electron chi connectivity index (χ4n) is 5.21. The van der Waals surface area contributed by atoms with Gasteiger partial charge < -0.3 is 9.42 Å². The van der Waals surface area contributed by atoms with Gasteiger partial charge in [-0.2, -0.15) is 4.98 Å². The number of hydrogen-bond donors (Lipinski definition) is 0. The number of rotatable bonds is 5. The van der Waals surface area contributed by atoms with Crippen molar-refractivity contribution in [3.05, 3.63) is 47.6 Å². The standard InChI is InChI=1S/C22H27N3O2/c26-20(13-17-8-4-9-17)25-14-18-10-5-11-22(18,15-25)21-23-19(24-27-21)12-16-6-2-1-3-7-16/h1-3,6-7,17-18H,4-5,8-15H2/t18-,22-/m1/s1. The van der Waals surface area contributed by atoms with Crippen molar-refractivity contribution in [1.82, 2.24) is 15.0 Å². The topological polar surface area (TPSA) is 59.2 Å². The number of fused-ring (bicyclic) bond motifs is 1. The summed E-state index contributed by atoms with van der Waals surface area (Å²) in [5, 5.41) is 4.26. The van der Waals surface area contributed by atoms with Crippen molar-refractivity contribution in [2.24, 2.45) is 11.8 Å². The van der Waals surface area contributed by atoms with Crippen molar-refractivity contribution in [2.75, 3.05) is 13.1 Å². The zero-order valence-electron chi connectivity index (χ0n) is 15.8. The molecule has 1 saturated heterocycles. The van der Waals surface area contributed by atoms with E-state index < -0.39 is 0 Å². The highest BCUT2D eigenvalue weighted by molar-refractivity contribution is 5.77. The fraction of sp³-hybridized carbons (Fsp3) is 0.591. The van der Waals surface area contributed by atoms with E-state index in [-0.39, 0.29) is 5.41 Å². The number of aromatic nitrogens is 2. The van der Waals surface area contributed by atoms with Gasteiger partial charge in [0, 0.05) is 25.9 Å². The number of hydrogen-bond acceptors (Lipinski definition) is 4. The molecule has 5 rings (SSSR count). The molecule has 2 aliphatic carbocycles. The molecule has 2 heterocycles. The molecule has 0 spiro atoms. The van der Waals surface area contributed by atoms with Gasteiger partial charge in [0.15, 0.2) is 5.82 Å². The van der Waals surface area contributed by atoms with Crippen LogP contribution in [0.4, 0.5) is 0 Å². The number of carbonyl (C=O) groups excluding carboxylic acids is 1. The van der Waals surface area contributed by atoms with Gasteiger partial charge in [0.1, 0.15) is 0 Å². The molecule has 1 aliphatic heterocycles. The molecular weight excluding hydrogens is 338 g/mol. The minimum Gasteiger partial charge on any atom is -0.341 e. The molecule has 5 nitrogen and oxygen atoms in total. The van der Waals surface area contributed by atoms with Crippen molar-refractivity contribution in [2.45, 2.75) is 56.8 Å². The Hall–Kier alpha value is -2.17. The van der Waals surface area contributed by atoms with Gasteiger partial charge in [0.25, 0.3) is 0 Å². The first-order valence-corrected chi connectivity index (χ1v) is 10.4. The summed E-state index contributed by atoms with van der Waals surface area (Å²) in [6.07, 6.45) is 8.55. The molecule has 1 aromatic carbocycles. The van der Waals surface area contributed by atoms with Gasteiger partial charge in [-0.3, -0.25) is 4.79 Å². The van der Waals surface area contributed by atoms with Crippen LogP contribution >= 0.6 is 0 Å². The molecule has 0 N–H and O–H groups in total. The second kappa shape index (κ2) is 6.77. The summed E-state index contributed by atoms with van der Waals surface area (Å²) in [6.45, 7) is 1.62. The smallest absolute Gasteiger partial charge is 0.235 e. The van der Waals surface area contributed by atoms with Crippen LogP contribution in [0, 0.1) is 11.8 Å². The van der Waals surface area contributed by atoms with Gasteiger partial charge in [-0.15, -0.1) is 0 Å². The van der Waals surface area contributed by atoms with Crippen LogP contribution in [0.5, 0.6) is 0 Å². The van der Waals surface area contributed by atoms with E-state index in [0.717, 1.165) is 44.1 Å². The molecule has 27 heavy (non-hydrogen) atoms. The second-order valence-electron chi connectivity index (χ2n) is 8.70. The van der Waals surface area contributed by atoms with Crippen molar-refractivity contribution in [1.29, 1.82) is 0 Å². The Bertz CT molecular complexity index is 814. The summed E-state index contributed by atoms with van der Waals surface area (Å²) in [5.41, 5.74) is 1.08. The normalized spacial score (nSPS) is 27.6. The highest BCUT2D eigenvalue weighted by Crippen LogP contribution is 2.50. The van der Waals surface area contributed by atoms with E-state index in [4.69, 9.17) is 9.51 Å². The minimum atomic E-state index is -0.114. The van der Waals surface area contributed by atoms with Crippen molar-refractivity contribution >= 4 is 5.91 Å². The largest absolute Gasteiger partial charge is 0.341 e. The Kier molecular flexibility index (Phi) is 4.25. The molecule has 3 fully saturated rings. The molecule has 0 radical (unpaired) electrons. The maximum Gasteiger partial charge on any atom is 0.235 e. The summed E-state index contributed by atoms with van der Waals surface area (Å²) >= 11 is 0. The van der Waals surface area contributed by atoms with Gasteiger partial charge in [-0.1, -0.05) is 48.3 Å². The van der Waals surface area contributed by atoms with Crippen LogP contribution in [-0.4, -0.2) is 34.0 Å². The lowest BCUT2D eigenvalue weighted by molar-refractivity contribution is -0.132. The maximum absolute atomic E-state index is 12.8. The summed E-state index contributed by atoms with van der Waals surface area (Å²) < 4.78 is 5.77. The Labute approximate surface area is 160 Å². The first-order valence-electron chi connectivity index (χ1n) is 10.4. The van der Waals surface area contributed by atoms with Crippen LogP contribution in [0.25, 0.3) is 0 Å². The highest BCUT2D eigenvalue weighted by Gasteiger charge is 2.55. The van der Waals surface area contributed by atoms with E-state index in [1.807, 2.05) is 18.2 Å². The predicted molar refractivity (Wildman–Crippen MR) is 101 cm³/mol. The van der Waals surface area contributed by atoms with E-state index >= 15 is 0 Å². The van der Waals surface area contributed by atoms with Gasteiger partial charge in [-0.05, 0) is 43.1 Å². The van der Waals surface area contributed by atoms with Crippen LogP contribution in [0.1, 0.15) is 62.2 Å². The van der Waals surface area contributed by atoms with Crippen molar-refractivity contribution in [3.8, 4) is 0 Å². The molecular formula is C22H27N3O2. The van der Waals surface area contributed by atoms with E-state index in [1.54, 1.807) is 0 Å². The minimum absolute atomic E-state index is 0.114. The first kappa shape index (κ1) is 17.0. The molecule has 2 saturated carbocycles. The third-order valence-electron chi connectivity index (χ3n) is 7.01. The monoisotopic (exact) mass is 365 g/mol. The molecule has 0 unspecified atom stereocenters. The molecule has 1 aromatic heterocycles. The SMILES string of the molecule is O=C(CC1CCC1)N1C[C@H]2CCC[C@@]2(c2nc(Cc3ccccc3)no2)C1. The molecule has 5 heteroatoms. The molecule has 2 aromatic rings. The predicted octanol–water partition coefficient (Wildman–Crippen LogP) is 3.73. The van der Waals surface area contributed by atoms with Crippen LogP contribution in [0.15, 0.2) is 34.9 Å². The van der Waals surface area contributed by atoms with Crippen molar-refractivity contribution in [3.63, 3.8) is 0 Å². The number of likely N-dealkylation sites (tertiary alicyclic amines) is 1. The van der Waals surface area contributed by atoms with Crippen LogP contribution in [0.3, 0.4) is 0 Å². The quantitative estimate of drug-likeness (QED) is 0.810. The molecule has 0 bridgehead atoms. The Morgan fingerprint density at radius 3 is 2.81 bits per heavy atom. The summed E-state index contributed by atoms with van der Waals surface area (Å²) in [4.78, 5) is 19.6. The first-order chi connectivity index (χ1) is 13.2. The van der Waals surface area contributed by atoms with E-state index in [1.165, 1.54) is 31.2 Å². The third-order valence-corrected chi connectivity index (χ3v) is 7.01. The molecule has 2 atom stereocenters. The van der Waals surface area contributed by atoms with Gasteiger partial charge >= 0.3 is 0 Å². The average Bonchev–Trinajstić information content (AvgIpc) is 3.32. The van der Waals surface area contributed by atoms with Crippen LogP contribution in [-0.2, 0) is 16.6 Å². The number of amides is 1. The molecule has 3 aliphatic rings. The average molecular weight is 365 g/mol. The zero-order valence-corrected chi connectivity index (χ0v) is 15.8. The number of benzene rings is 1. The van der Waals surface area contributed by atoms with Gasteiger partial charge in [-0.25, -0.2) is 0 Å². The van der Waals surface area contributed by atoms with Gasteiger partial charge in [0.05, 0.1) is 5.41 Å². The van der Waals surface area contributed by atoms with E-state index in [0.29, 0.717) is 24.2 Å². The molecule has 1 amide bonds. The fourth-order valence-corrected chi connectivity index (χ4v) is 5.21. The van der Waals surface area contributed by atoms with Crippen LogP contribution < -0.4 is 0 Å². The Balaban J connectivity index is 1.33. The Morgan fingerprint density at radius 2 is 2.04 bits per heavy atom.